The molecule has 0 aliphatic heterocycles. The molecule has 2 heterocycles. The van der Waals surface area contributed by atoms with Crippen molar-refractivity contribution in [3.8, 4) is 0 Å². The van der Waals surface area contributed by atoms with Crippen LogP contribution in [-0.2, 0) is 6.42 Å². The Bertz CT molecular complexity index is 776. The second-order valence-electron chi connectivity index (χ2n) is 4.87. The standard InChI is InChI=1S/C15H16N4OS/c1-10-13(21-15-18-17-11(2)19(10)15)14(20)16-9-8-12-6-4-3-5-7-12/h3-7H,8-9H2,1-2H3,(H,16,20). The van der Waals surface area contributed by atoms with Crippen LogP contribution in [0.3, 0.4) is 0 Å². The summed E-state index contributed by atoms with van der Waals surface area (Å²) in [6.45, 7) is 4.43. The van der Waals surface area contributed by atoms with Gasteiger partial charge in [0.1, 0.15) is 10.7 Å². The van der Waals surface area contributed by atoms with E-state index in [0.29, 0.717) is 11.4 Å². The maximum atomic E-state index is 12.3. The molecule has 0 spiro atoms. The number of carbonyl (C=O) groups excluding carboxylic acids is 1. The molecule has 0 aliphatic rings. The molecular formula is C15H16N4OS. The highest BCUT2D eigenvalue weighted by atomic mass is 32.1. The predicted octanol–water partition coefficient (Wildman–Crippen LogP) is 2.38. The van der Waals surface area contributed by atoms with Crippen LogP contribution in [0.2, 0.25) is 0 Å². The van der Waals surface area contributed by atoms with Gasteiger partial charge in [-0.2, -0.15) is 0 Å². The zero-order valence-electron chi connectivity index (χ0n) is 12.0. The molecule has 0 saturated carbocycles. The van der Waals surface area contributed by atoms with Crippen LogP contribution in [0.4, 0.5) is 0 Å². The molecule has 5 nitrogen and oxygen atoms in total. The van der Waals surface area contributed by atoms with E-state index < -0.39 is 0 Å². The Morgan fingerprint density at radius 3 is 2.71 bits per heavy atom. The molecule has 0 radical (unpaired) electrons. The van der Waals surface area contributed by atoms with E-state index in [-0.39, 0.29) is 5.91 Å². The van der Waals surface area contributed by atoms with Gasteiger partial charge >= 0.3 is 0 Å². The van der Waals surface area contributed by atoms with Crippen LogP contribution in [0.25, 0.3) is 4.96 Å². The summed E-state index contributed by atoms with van der Waals surface area (Å²) in [5, 5.41) is 11.0. The number of aromatic nitrogens is 3. The first kappa shape index (κ1) is 13.8. The monoisotopic (exact) mass is 300 g/mol. The number of benzene rings is 1. The van der Waals surface area contributed by atoms with Crippen molar-refractivity contribution in [1.82, 2.24) is 19.9 Å². The molecule has 0 unspecified atom stereocenters. The van der Waals surface area contributed by atoms with E-state index in [0.717, 1.165) is 22.9 Å². The smallest absolute Gasteiger partial charge is 0.263 e. The average molecular weight is 300 g/mol. The van der Waals surface area contributed by atoms with Gasteiger partial charge in [0, 0.05) is 12.2 Å². The highest BCUT2D eigenvalue weighted by Crippen LogP contribution is 2.22. The molecule has 1 aromatic carbocycles. The maximum absolute atomic E-state index is 12.3. The highest BCUT2D eigenvalue weighted by Gasteiger charge is 2.17. The Morgan fingerprint density at radius 2 is 2.00 bits per heavy atom. The first-order chi connectivity index (χ1) is 10.2. The number of nitrogens with zero attached hydrogens (tertiary/aromatic N) is 3. The van der Waals surface area contributed by atoms with Gasteiger partial charge in [0.05, 0.1) is 0 Å². The van der Waals surface area contributed by atoms with Crippen molar-refractivity contribution >= 4 is 22.2 Å². The maximum Gasteiger partial charge on any atom is 0.263 e. The summed E-state index contributed by atoms with van der Waals surface area (Å²) in [5.74, 6) is 0.764. The minimum absolute atomic E-state index is 0.0432. The summed E-state index contributed by atoms with van der Waals surface area (Å²) < 4.78 is 1.91. The third-order valence-electron chi connectivity index (χ3n) is 3.40. The number of nitrogens with one attached hydrogen (secondary N) is 1. The normalized spacial score (nSPS) is 11.0. The molecule has 0 aliphatic carbocycles. The highest BCUT2D eigenvalue weighted by molar-refractivity contribution is 7.19. The molecule has 6 heteroatoms. The lowest BCUT2D eigenvalue weighted by Crippen LogP contribution is -2.25. The van der Waals surface area contributed by atoms with Crippen LogP contribution in [0, 0.1) is 13.8 Å². The largest absolute Gasteiger partial charge is 0.351 e. The summed E-state index contributed by atoms with van der Waals surface area (Å²) in [7, 11) is 0. The van der Waals surface area contributed by atoms with Gasteiger partial charge in [-0.05, 0) is 25.8 Å². The number of aryl methyl sites for hydroxylation is 2. The van der Waals surface area contributed by atoms with Crippen molar-refractivity contribution < 1.29 is 4.79 Å². The van der Waals surface area contributed by atoms with E-state index in [2.05, 4.69) is 27.6 Å². The van der Waals surface area contributed by atoms with Crippen LogP contribution < -0.4 is 5.32 Å². The van der Waals surface area contributed by atoms with Gasteiger partial charge < -0.3 is 5.32 Å². The molecule has 1 amide bonds. The van der Waals surface area contributed by atoms with Crippen molar-refractivity contribution in [2.45, 2.75) is 20.3 Å². The third kappa shape index (κ3) is 2.67. The first-order valence-corrected chi connectivity index (χ1v) is 7.61. The molecule has 108 valence electrons. The molecule has 0 fully saturated rings. The van der Waals surface area contributed by atoms with Crippen molar-refractivity contribution in [1.29, 1.82) is 0 Å². The van der Waals surface area contributed by atoms with Crippen molar-refractivity contribution in [2.24, 2.45) is 0 Å². The molecule has 3 rings (SSSR count). The fourth-order valence-electron chi connectivity index (χ4n) is 2.32. The molecule has 3 aromatic rings. The van der Waals surface area contributed by atoms with E-state index in [1.165, 1.54) is 16.9 Å². The number of rotatable bonds is 4. The average Bonchev–Trinajstić information content (AvgIpc) is 3.01. The second kappa shape index (κ2) is 5.65. The van der Waals surface area contributed by atoms with Crippen LogP contribution in [0.5, 0.6) is 0 Å². The Balaban J connectivity index is 1.68. The van der Waals surface area contributed by atoms with Gasteiger partial charge in [0.25, 0.3) is 5.91 Å². The van der Waals surface area contributed by atoms with Crippen molar-refractivity contribution in [3.05, 3.63) is 52.3 Å². The minimum atomic E-state index is -0.0432. The lowest BCUT2D eigenvalue weighted by Gasteiger charge is -2.04. The Hall–Kier alpha value is -2.21. The summed E-state index contributed by atoms with van der Waals surface area (Å²) >= 11 is 1.38. The van der Waals surface area contributed by atoms with Gasteiger partial charge in [0.15, 0.2) is 0 Å². The zero-order valence-corrected chi connectivity index (χ0v) is 12.8. The molecule has 0 atom stereocenters. The first-order valence-electron chi connectivity index (χ1n) is 6.80. The number of carbonyl (C=O) groups is 1. The Labute approximate surface area is 126 Å². The van der Waals surface area contributed by atoms with E-state index in [9.17, 15) is 4.79 Å². The summed E-state index contributed by atoms with van der Waals surface area (Å²) in [6, 6.07) is 10.1. The second-order valence-corrected chi connectivity index (χ2v) is 5.85. The van der Waals surface area contributed by atoms with Gasteiger partial charge in [-0.1, -0.05) is 41.7 Å². The fraction of sp³-hybridized carbons (Fsp3) is 0.267. The lowest BCUT2D eigenvalue weighted by molar-refractivity contribution is 0.0957. The Kier molecular flexibility index (Phi) is 3.70. The summed E-state index contributed by atoms with van der Waals surface area (Å²) in [5.41, 5.74) is 2.12. The SMILES string of the molecule is Cc1nnc2sc(C(=O)NCCc3ccccc3)c(C)n12. The van der Waals surface area contributed by atoms with Crippen molar-refractivity contribution in [3.63, 3.8) is 0 Å². The molecular weight excluding hydrogens is 284 g/mol. The van der Waals surface area contributed by atoms with Crippen LogP contribution >= 0.6 is 11.3 Å². The van der Waals surface area contributed by atoms with E-state index in [1.807, 2.05) is 36.4 Å². The molecule has 1 N–H and O–H groups in total. The zero-order chi connectivity index (χ0) is 14.8. The number of amides is 1. The van der Waals surface area contributed by atoms with Gasteiger partial charge in [-0.25, -0.2) is 0 Å². The Morgan fingerprint density at radius 1 is 1.24 bits per heavy atom. The van der Waals surface area contributed by atoms with E-state index in [1.54, 1.807) is 0 Å². The van der Waals surface area contributed by atoms with Gasteiger partial charge in [0.2, 0.25) is 4.96 Å². The lowest BCUT2D eigenvalue weighted by atomic mass is 10.1. The molecule has 0 saturated heterocycles. The third-order valence-corrected chi connectivity index (χ3v) is 4.53. The van der Waals surface area contributed by atoms with Gasteiger partial charge in [-0.3, -0.25) is 9.20 Å². The number of hydrogen-bond donors (Lipinski definition) is 1. The number of fused-ring (bicyclic) bond motifs is 1. The summed E-state index contributed by atoms with van der Waals surface area (Å²) in [6.07, 6.45) is 0.828. The van der Waals surface area contributed by atoms with E-state index in [4.69, 9.17) is 0 Å². The molecule has 0 bridgehead atoms. The van der Waals surface area contributed by atoms with Crippen LogP contribution in [-0.4, -0.2) is 27.0 Å². The predicted molar refractivity (Wildman–Crippen MR) is 82.8 cm³/mol. The minimum Gasteiger partial charge on any atom is -0.351 e. The topological polar surface area (TPSA) is 59.3 Å². The van der Waals surface area contributed by atoms with Crippen molar-refractivity contribution in [2.75, 3.05) is 6.54 Å². The quantitative estimate of drug-likeness (QED) is 0.805. The van der Waals surface area contributed by atoms with Crippen LogP contribution in [0.1, 0.15) is 26.8 Å². The van der Waals surface area contributed by atoms with E-state index >= 15 is 0 Å². The summed E-state index contributed by atoms with van der Waals surface area (Å²) in [4.78, 5) is 13.7. The van der Waals surface area contributed by atoms with Gasteiger partial charge in [-0.15, -0.1) is 10.2 Å². The molecule has 21 heavy (non-hydrogen) atoms. The number of thiazole rings is 1. The van der Waals surface area contributed by atoms with Crippen LogP contribution in [0.15, 0.2) is 30.3 Å². The molecule has 2 aromatic heterocycles. The number of hydrogen-bond acceptors (Lipinski definition) is 4. The fourth-order valence-corrected chi connectivity index (χ4v) is 3.35.